The number of nitrogen functional groups attached to an aromatic ring is 1. The van der Waals surface area contributed by atoms with Crippen LogP contribution in [0.2, 0.25) is 0 Å². The summed E-state index contributed by atoms with van der Waals surface area (Å²) < 4.78 is 5.11. The van der Waals surface area contributed by atoms with Crippen molar-refractivity contribution in [3.8, 4) is 5.75 Å². The van der Waals surface area contributed by atoms with E-state index in [9.17, 15) is 4.79 Å². The van der Waals surface area contributed by atoms with Gasteiger partial charge in [0, 0.05) is 28.1 Å². The number of nitrogens with two attached hydrogens (primary N) is 1. The van der Waals surface area contributed by atoms with Crippen molar-refractivity contribution in [2.24, 2.45) is 0 Å². The van der Waals surface area contributed by atoms with Crippen LogP contribution in [0.3, 0.4) is 0 Å². The van der Waals surface area contributed by atoms with Crippen molar-refractivity contribution in [3.05, 3.63) is 34.8 Å². The molecule has 5 nitrogen and oxygen atoms in total. The van der Waals surface area contributed by atoms with Gasteiger partial charge >= 0.3 is 0 Å². The molecule has 2 aromatic rings. The maximum atomic E-state index is 12.2. The van der Waals surface area contributed by atoms with Crippen molar-refractivity contribution in [3.63, 3.8) is 0 Å². The fourth-order valence-corrected chi connectivity index (χ4v) is 2.65. The third-order valence-electron chi connectivity index (χ3n) is 2.92. The van der Waals surface area contributed by atoms with Crippen molar-refractivity contribution in [2.45, 2.75) is 26.2 Å². The highest BCUT2D eigenvalue weighted by atomic mass is 32.1. The van der Waals surface area contributed by atoms with E-state index in [1.54, 1.807) is 18.2 Å². The topological polar surface area (TPSA) is 77.2 Å². The number of methoxy groups -OCH3 is 1. The van der Waals surface area contributed by atoms with Gasteiger partial charge in [0.05, 0.1) is 12.8 Å². The predicted molar refractivity (Wildman–Crippen MR) is 86.2 cm³/mol. The van der Waals surface area contributed by atoms with Crippen LogP contribution in [-0.4, -0.2) is 18.0 Å². The summed E-state index contributed by atoms with van der Waals surface area (Å²) in [5, 5.41) is 5.32. The summed E-state index contributed by atoms with van der Waals surface area (Å²) in [5.74, 6) is 0.296. The number of carbonyl (C=O) groups excluding carboxylic acids is 1. The van der Waals surface area contributed by atoms with Crippen molar-refractivity contribution >= 4 is 28.1 Å². The number of rotatable bonds is 3. The number of thiazole rings is 1. The summed E-state index contributed by atoms with van der Waals surface area (Å²) in [7, 11) is 1.53. The number of carbonyl (C=O) groups is 1. The summed E-state index contributed by atoms with van der Waals surface area (Å²) >= 11 is 1.41. The maximum Gasteiger partial charge on any atom is 0.257 e. The lowest BCUT2D eigenvalue weighted by Gasteiger charge is -2.14. The van der Waals surface area contributed by atoms with E-state index in [2.05, 4.69) is 31.1 Å². The van der Waals surface area contributed by atoms with Gasteiger partial charge < -0.3 is 10.5 Å². The Morgan fingerprint density at radius 3 is 2.62 bits per heavy atom. The van der Waals surface area contributed by atoms with Crippen LogP contribution < -0.4 is 15.8 Å². The van der Waals surface area contributed by atoms with Gasteiger partial charge in [-0.1, -0.05) is 20.8 Å². The number of hydrogen-bond acceptors (Lipinski definition) is 5. The average molecular weight is 305 g/mol. The molecule has 0 bridgehead atoms. The van der Waals surface area contributed by atoms with Crippen LogP contribution in [0.5, 0.6) is 5.75 Å². The molecular weight excluding hydrogens is 286 g/mol. The molecule has 0 spiro atoms. The quantitative estimate of drug-likeness (QED) is 0.853. The summed E-state index contributed by atoms with van der Waals surface area (Å²) in [4.78, 5) is 16.7. The van der Waals surface area contributed by atoms with E-state index < -0.39 is 0 Å². The molecular formula is C15H19N3O2S. The molecule has 6 heteroatoms. The Labute approximate surface area is 128 Å². The van der Waals surface area contributed by atoms with Crippen molar-refractivity contribution in [2.75, 3.05) is 18.2 Å². The molecule has 0 saturated heterocycles. The Morgan fingerprint density at radius 2 is 2.05 bits per heavy atom. The Bertz CT molecular complexity index is 659. The predicted octanol–water partition coefficient (Wildman–Crippen LogP) is 3.28. The van der Waals surface area contributed by atoms with E-state index in [0.717, 1.165) is 5.69 Å². The van der Waals surface area contributed by atoms with Gasteiger partial charge in [-0.3, -0.25) is 10.1 Å². The molecule has 0 atom stereocenters. The number of nitrogens with one attached hydrogen (secondary N) is 1. The van der Waals surface area contributed by atoms with E-state index >= 15 is 0 Å². The lowest BCUT2D eigenvalue weighted by Crippen LogP contribution is -2.14. The van der Waals surface area contributed by atoms with Crippen LogP contribution in [-0.2, 0) is 5.41 Å². The monoisotopic (exact) mass is 305 g/mol. The second-order valence-corrected chi connectivity index (χ2v) is 6.59. The first-order valence-electron chi connectivity index (χ1n) is 6.51. The van der Waals surface area contributed by atoms with Crippen molar-refractivity contribution in [1.82, 2.24) is 4.98 Å². The summed E-state index contributed by atoms with van der Waals surface area (Å²) in [6.07, 6.45) is 0. The fourth-order valence-electron chi connectivity index (χ4n) is 1.72. The Morgan fingerprint density at radius 1 is 1.33 bits per heavy atom. The first-order valence-corrected chi connectivity index (χ1v) is 7.39. The normalized spacial score (nSPS) is 11.2. The SMILES string of the molecule is COc1cc(N)cc(C(=O)Nc2nc(C(C)(C)C)cs2)c1. The number of ether oxygens (including phenoxy) is 1. The molecule has 0 aliphatic carbocycles. The second kappa shape index (κ2) is 5.73. The highest BCUT2D eigenvalue weighted by Crippen LogP contribution is 2.27. The Balaban J connectivity index is 2.18. The van der Waals surface area contributed by atoms with Gasteiger partial charge in [0.2, 0.25) is 0 Å². The minimum Gasteiger partial charge on any atom is -0.497 e. The number of hydrogen-bond donors (Lipinski definition) is 2. The molecule has 1 heterocycles. The van der Waals surface area contributed by atoms with Gasteiger partial charge in [-0.25, -0.2) is 4.98 Å². The highest BCUT2D eigenvalue weighted by Gasteiger charge is 2.18. The van der Waals surface area contributed by atoms with E-state index in [1.165, 1.54) is 18.4 Å². The molecule has 3 N–H and O–H groups in total. The minimum absolute atomic E-state index is 0.0418. The van der Waals surface area contributed by atoms with Gasteiger partial charge in [0.15, 0.2) is 5.13 Å². The third kappa shape index (κ3) is 3.72. The number of aromatic nitrogens is 1. The van der Waals surface area contributed by atoms with Crippen LogP contribution in [0.15, 0.2) is 23.6 Å². The van der Waals surface area contributed by atoms with Gasteiger partial charge in [-0.05, 0) is 12.1 Å². The lowest BCUT2D eigenvalue weighted by atomic mass is 9.93. The van der Waals surface area contributed by atoms with Crippen LogP contribution >= 0.6 is 11.3 Å². The van der Waals surface area contributed by atoms with Crippen LogP contribution in [0.25, 0.3) is 0 Å². The molecule has 0 radical (unpaired) electrons. The zero-order chi connectivity index (χ0) is 15.6. The standard InChI is InChI=1S/C15H19N3O2S/c1-15(2,3)12-8-21-14(17-12)18-13(19)9-5-10(16)7-11(6-9)20-4/h5-8H,16H2,1-4H3,(H,17,18,19). The van der Waals surface area contributed by atoms with Crippen LogP contribution in [0, 0.1) is 0 Å². The lowest BCUT2D eigenvalue weighted by molar-refractivity contribution is 0.102. The number of anilines is 2. The van der Waals surface area contributed by atoms with Gasteiger partial charge in [-0.2, -0.15) is 0 Å². The fraction of sp³-hybridized carbons (Fsp3) is 0.333. The van der Waals surface area contributed by atoms with Crippen LogP contribution in [0.4, 0.5) is 10.8 Å². The van der Waals surface area contributed by atoms with Gasteiger partial charge in [0.25, 0.3) is 5.91 Å². The molecule has 112 valence electrons. The molecule has 0 unspecified atom stereocenters. The summed E-state index contributed by atoms with van der Waals surface area (Å²) in [6.45, 7) is 6.24. The summed E-state index contributed by atoms with van der Waals surface area (Å²) in [6, 6.07) is 4.91. The van der Waals surface area contributed by atoms with Crippen molar-refractivity contribution in [1.29, 1.82) is 0 Å². The van der Waals surface area contributed by atoms with Gasteiger partial charge in [-0.15, -0.1) is 11.3 Å². The second-order valence-electron chi connectivity index (χ2n) is 5.74. The molecule has 0 aliphatic heterocycles. The third-order valence-corrected chi connectivity index (χ3v) is 3.68. The Kier molecular flexibility index (Phi) is 4.18. The molecule has 0 saturated carbocycles. The molecule has 21 heavy (non-hydrogen) atoms. The molecule has 2 rings (SSSR count). The van der Waals surface area contributed by atoms with Crippen LogP contribution in [0.1, 0.15) is 36.8 Å². The van der Waals surface area contributed by atoms with E-state index in [0.29, 0.717) is 22.1 Å². The summed E-state index contributed by atoms with van der Waals surface area (Å²) in [5.41, 5.74) is 7.59. The molecule has 1 aromatic heterocycles. The molecule has 1 aromatic carbocycles. The molecule has 0 aliphatic rings. The molecule has 0 fully saturated rings. The largest absolute Gasteiger partial charge is 0.497 e. The van der Waals surface area contributed by atoms with Gasteiger partial charge in [0.1, 0.15) is 5.75 Å². The smallest absolute Gasteiger partial charge is 0.257 e. The first kappa shape index (κ1) is 15.3. The number of amides is 1. The van der Waals surface area contributed by atoms with E-state index in [-0.39, 0.29) is 11.3 Å². The average Bonchev–Trinajstić information content (AvgIpc) is 2.86. The zero-order valence-electron chi connectivity index (χ0n) is 12.6. The Hall–Kier alpha value is -2.08. The van der Waals surface area contributed by atoms with E-state index in [4.69, 9.17) is 10.5 Å². The zero-order valence-corrected chi connectivity index (χ0v) is 13.4. The van der Waals surface area contributed by atoms with E-state index in [1.807, 2.05) is 5.38 Å². The highest BCUT2D eigenvalue weighted by molar-refractivity contribution is 7.14. The first-order chi connectivity index (χ1) is 9.79. The number of nitrogens with zero attached hydrogens (tertiary/aromatic N) is 1. The van der Waals surface area contributed by atoms with Crippen molar-refractivity contribution < 1.29 is 9.53 Å². The maximum absolute atomic E-state index is 12.2. The minimum atomic E-state index is -0.254. The number of benzene rings is 1. The molecule has 1 amide bonds.